The van der Waals surface area contributed by atoms with E-state index in [4.69, 9.17) is 16.3 Å². The number of urea groups is 1. The van der Waals surface area contributed by atoms with Crippen LogP contribution in [0.25, 0.3) is 0 Å². The van der Waals surface area contributed by atoms with Crippen LogP contribution in [0.4, 0.5) is 4.79 Å². The SMILES string of the molecule is CC1CN(C(=O)NCCc2cccc(Cl)c2)CC(C)O1. The number of amides is 2. The standard InChI is InChI=1S/C15H21ClN2O2/c1-11-9-18(10-12(2)20-11)15(19)17-7-6-13-4-3-5-14(16)8-13/h3-5,8,11-12H,6-7,9-10H2,1-2H3,(H,17,19). The Morgan fingerprint density at radius 2 is 2.10 bits per heavy atom. The van der Waals surface area contributed by atoms with E-state index in [9.17, 15) is 4.79 Å². The van der Waals surface area contributed by atoms with E-state index >= 15 is 0 Å². The summed E-state index contributed by atoms with van der Waals surface area (Å²) in [4.78, 5) is 13.9. The van der Waals surface area contributed by atoms with Gasteiger partial charge in [0, 0.05) is 24.7 Å². The first-order valence-corrected chi connectivity index (χ1v) is 7.35. The number of nitrogens with one attached hydrogen (secondary N) is 1. The van der Waals surface area contributed by atoms with Crippen molar-refractivity contribution in [1.82, 2.24) is 10.2 Å². The van der Waals surface area contributed by atoms with Gasteiger partial charge in [-0.05, 0) is 38.0 Å². The minimum atomic E-state index is -0.0194. The molecule has 1 saturated heterocycles. The molecule has 0 radical (unpaired) electrons. The van der Waals surface area contributed by atoms with Gasteiger partial charge in [-0.2, -0.15) is 0 Å². The summed E-state index contributed by atoms with van der Waals surface area (Å²) in [5, 5.41) is 3.68. The van der Waals surface area contributed by atoms with Crippen molar-refractivity contribution in [2.75, 3.05) is 19.6 Å². The molecule has 2 amide bonds. The number of carbonyl (C=O) groups is 1. The highest BCUT2D eigenvalue weighted by Gasteiger charge is 2.25. The van der Waals surface area contributed by atoms with E-state index in [0.29, 0.717) is 19.6 Å². The zero-order chi connectivity index (χ0) is 14.5. The summed E-state index contributed by atoms with van der Waals surface area (Å²) >= 11 is 5.93. The van der Waals surface area contributed by atoms with Crippen molar-refractivity contribution in [2.24, 2.45) is 0 Å². The molecule has 110 valence electrons. The third kappa shape index (κ3) is 4.39. The Bertz CT molecular complexity index is 457. The molecule has 4 nitrogen and oxygen atoms in total. The van der Waals surface area contributed by atoms with Gasteiger partial charge in [-0.25, -0.2) is 4.79 Å². The fraction of sp³-hybridized carbons (Fsp3) is 0.533. The predicted molar refractivity (Wildman–Crippen MR) is 80.1 cm³/mol. The van der Waals surface area contributed by atoms with Crippen LogP contribution in [0, 0.1) is 0 Å². The molecule has 2 unspecified atom stereocenters. The van der Waals surface area contributed by atoms with Gasteiger partial charge in [0.15, 0.2) is 0 Å². The summed E-state index contributed by atoms with van der Waals surface area (Å²) in [6.07, 6.45) is 0.969. The van der Waals surface area contributed by atoms with Crippen LogP contribution >= 0.6 is 11.6 Å². The Labute approximate surface area is 125 Å². The molecule has 0 aliphatic carbocycles. The van der Waals surface area contributed by atoms with Gasteiger partial charge >= 0.3 is 6.03 Å². The van der Waals surface area contributed by atoms with Crippen LogP contribution in [0.1, 0.15) is 19.4 Å². The lowest BCUT2D eigenvalue weighted by molar-refractivity contribution is -0.0544. The van der Waals surface area contributed by atoms with E-state index in [1.807, 2.05) is 43.0 Å². The molecule has 1 aliphatic rings. The van der Waals surface area contributed by atoms with Crippen molar-refractivity contribution in [3.05, 3.63) is 34.9 Å². The summed E-state index contributed by atoms with van der Waals surface area (Å²) in [6, 6.07) is 7.68. The Balaban J connectivity index is 1.77. The monoisotopic (exact) mass is 296 g/mol. The normalized spacial score (nSPS) is 22.6. The van der Waals surface area contributed by atoms with Gasteiger partial charge in [-0.3, -0.25) is 0 Å². The first-order valence-electron chi connectivity index (χ1n) is 6.97. The molecule has 1 N–H and O–H groups in total. The number of hydrogen-bond acceptors (Lipinski definition) is 2. The van der Waals surface area contributed by atoms with Crippen LogP contribution < -0.4 is 5.32 Å². The quantitative estimate of drug-likeness (QED) is 0.932. The molecule has 0 spiro atoms. The first-order chi connectivity index (χ1) is 9.54. The third-order valence-electron chi connectivity index (χ3n) is 3.29. The molecule has 0 aromatic heterocycles. The van der Waals surface area contributed by atoms with Crippen LogP contribution in [0.2, 0.25) is 5.02 Å². The molecule has 0 bridgehead atoms. The maximum atomic E-state index is 12.1. The highest BCUT2D eigenvalue weighted by Crippen LogP contribution is 2.12. The Morgan fingerprint density at radius 1 is 1.40 bits per heavy atom. The Kier molecular flexibility index (Phi) is 5.26. The van der Waals surface area contributed by atoms with E-state index < -0.39 is 0 Å². The lowest BCUT2D eigenvalue weighted by Gasteiger charge is -2.35. The average molecular weight is 297 g/mol. The van der Waals surface area contributed by atoms with E-state index in [1.54, 1.807) is 0 Å². The molecular weight excluding hydrogens is 276 g/mol. The molecule has 20 heavy (non-hydrogen) atoms. The minimum absolute atomic E-state index is 0.0194. The van der Waals surface area contributed by atoms with Crippen molar-refractivity contribution >= 4 is 17.6 Å². The molecular formula is C15H21ClN2O2. The summed E-state index contributed by atoms with van der Waals surface area (Å²) in [5.74, 6) is 0. The fourth-order valence-corrected chi connectivity index (χ4v) is 2.67. The van der Waals surface area contributed by atoms with Gasteiger partial charge in [0.25, 0.3) is 0 Å². The molecule has 1 fully saturated rings. The highest BCUT2D eigenvalue weighted by atomic mass is 35.5. The van der Waals surface area contributed by atoms with Crippen molar-refractivity contribution in [3.63, 3.8) is 0 Å². The van der Waals surface area contributed by atoms with Gasteiger partial charge < -0.3 is 15.0 Å². The van der Waals surface area contributed by atoms with E-state index in [0.717, 1.165) is 17.0 Å². The zero-order valence-corrected chi connectivity index (χ0v) is 12.7. The topological polar surface area (TPSA) is 41.6 Å². The van der Waals surface area contributed by atoms with Crippen molar-refractivity contribution < 1.29 is 9.53 Å². The van der Waals surface area contributed by atoms with Gasteiger partial charge in [-0.1, -0.05) is 23.7 Å². The molecule has 5 heteroatoms. The van der Waals surface area contributed by atoms with Crippen LogP contribution in [0.15, 0.2) is 24.3 Å². The number of carbonyl (C=O) groups excluding carboxylic acids is 1. The van der Waals surface area contributed by atoms with Crippen molar-refractivity contribution in [3.8, 4) is 0 Å². The second-order valence-electron chi connectivity index (χ2n) is 5.27. The van der Waals surface area contributed by atoms with Gasteiger partial charge in [0.2, 0.25) is 0 Å². The number of halogens is 1. The number of morpholine rings is 1. The van der Waals surface area contributed by atoms with E-state index in [2.05, 4.69) is 5.32 Å². The maximum absolute atomic E-state index is 12.1. The average Bonchev–Trinajstić information content (AvgIpc) is 2.37. The number of rotatable bonds is 3. The van der Waals surface area contributed by atoms with Gasteiger partial charge in [0.1, 0.15) is 0 Å². The molecule has 1 aromatic rings. The third-order valence-corrected chi connectivity index (χ3v) is 3.52. The summed E-state index contributed by atoms with van der Waals surface area (Å²) in [5.41, 5.74) is 1.13. The van der Waals surface area contributed by atoms with Crippen LogP contribution in [-0.4, -0.2) is 42.8 Å². The van der Waals surface area contributed by atoms with Crippen LogP contribution in [-0.2, 0) is 11.2 Å². The summed E-state index contributed by atoms with van der Waals surface area (Å²) in [7, 11) is 0. The van der Waals surface area contributed by atoms with Crippen molar-refractivity contribution in [2.45, 2.75) is 32.5 Å². The smallest absolute Gasteiger partial charge is 0.317 e. The number of benzene rings is 1. The second kappa shape index (κ2) is 6.95. The highest BCUT2D eigenvalue weighted by molar-refractivity contribution is 6.30. The van der Waals surface area contributed by atoms with E-state index in [-0.39, 0.29) is 18.2 Å². The van der Waals surface area contributed by atoms with Crippen molar-refractivity contribution in [1.29, 1.82) is 0 Å². The van der Waals surface area contributed by atoms with Crippen LogP contribution in [0.3, 0.4) is 0 Å². The minimum Gasteiger partial charge on any atom is -0.372 e. The fourth-order valence-electron chi connectivity index (χ4n) is 2.46. The molecule has 2 rings (SSSR count). The molecule has 1 aliphatic heterocycles. The lowest BCUT2D eigenvalue weighted by Crippen LogP contribution is -2.51. The zero-order valence-electron chi connectivity index (χ0n) is 11.9. The number of hydrogen-bond donors (Lipinski definition) is 1. The summed E-state index contributed by atoms with van der Waals surface area (Å²) < 4.78 is 5.62. The lowest BCUT2D eigenvalue weighted by atomic mass is 10.1. The first kappa shape index (κ1) is 15.1. The Morgan fingerprint density at radius 3 is 2.75 bits per heavy atom. The maximum Gasteiger partial charge on any atom is 0.317 e. The largest absolute Gasteiger partial charge is 0.372 e. The number of nitrogens with zero attached hydrogens (tertiary/aromatic N) is 1. The molecule has 1 heterocycles. The predicted octanol–water partition coefficient (Wildman–Crippen LogP) is 2.70. The summed E-state index contributed by atoms with van der Waals surface area (Å²) in [6.45, 7) is 5.88. The van der Waals surface area contributed by atoms with Gasteiger partial charge in [-0.15, -0.1) is 0 Å². The van der Waals surface area contributed by atoms with Crippen LogP contribution in [0.5, 0.6) is 0 Å². The molecule has 1 aromatic carbocycles. The van der Waals surface area contributed by atoms with E-state index in [1.165, 1.54) is 0 Å². The molecule has 0 saturated carbocycles. The Hall–Kier alpha value is -1.26. The second-order valence-corrected chi connectivity index (χ2v) is 5.71. The molecule has 2 atom stereocenters. The number of ether oxygens (including phenoxy) is 1. The van der Waals surface area contributed by atoms with Gasteiger partial charge in [0.05, 0.1) is 12.2 Å².